The summed E-state index contributed by atoms with van der Waals surface area (Å²) in [5.74, 6) is 0.281. The highest BCUT2D eigenvalue weighted by Crippen LogP contribution is 2.31. The molecule has 2 atom stereocenters. The summed E-state index contributed by atoms with van der Waals surface area (Å²) in [7, 11) is 0. The van der Waals surface area contributed by atoms with Crippen molar-refractivity contribution in [3.63, 3.8) is 0 Å². The van der Waals surface area contributed by atoms with Gasteiger partial charge in [-0.05, 0) is 40.5 Å². The summed E-state index contributed by atoms with van der Waals surface area (Å²) in [5.41, 5.74) is 4.07. The minimum Gasteiger partial charge on any atom is -0.334 e. The van der Waals surface area contributed by atoms with Gasteiger partial charge in [0.2, 0.25) is 0 Å². The predicted molar refractivity (Wildman–Crippen MR) is 120 cm³/mol. The van der Waals surface area contributed by atoms with E-state index in [1.807, 2.05) is 33.6 Å². The van der Waals surface area contributed by atoms with E-state index in [2.05, 4.69) is 59.3 Å². The largest absolute Gasteiger partial charge is 0.334 e. The highest BCUT2D eigenvalue weighted by atomic mass is 32.1. The number of hydrogen-bond donors (Lipinski definition) is 1. The summed E-state index contributed by atoms with van der Waals surface area (Å²) < 4.78 is 0. The molecule has 0 spiro atoms. The number of amides is 1. The van der Waals surface area contributed by atoms with Crippen molar-refractivity contribution in [3.8, 4) is 0 Å². The van der Waals surface area contributed by atoms with E-state index in [0.717, 1.165) is 32.5 Å². The minimum absolute atomic E-state index is 0.281. The van der Waals surface area contributed by atoms with Gasteiger partial charge in [0.25, 0.3) is 5.91 Å². The smallest absolute Gasteiger partial charge is 0.278 e. The second kappa shape index (κ2) is 8.27. The first-order valence-corrected chi connectivity index (χ1v) is 12.0. The molecule has 1 unspecified atom stereocenters. The van der Waals surface area contributed by atoms with E-state index in [0.29, 0.717) is 12.6 Å². The molecule has 3 aromatic rings. The van der Waals surface area contributed by atoms with Crippen LogP contribution in [0.3, 0.4) is 0 Å². The number of quaternary nitrogens is 1. The number of fused-ring (bicyclic) bond motifs is 1. The lowest BCUT2D eigenvalue weighted by atomic mass is 9.98. The van der Waals surface area contributed by atoms with Gasteiger partial charge in [-0.3, -0.25) is 4.79 Å². The van der Waals surface area contributed by atoms with Crippen molar-refractivity contribution < 1.29 is 9.69 Å². The van der Waals surface area contributed by atoms with Crippen LogP contribution in [0.15, 0.2) is 65.4 Å². The topological polar surface area (TPSA) is 24.8 Å². The molecule has 1 amide bonds. The molecule has 0 aliphatic carbocycles. The Morgan fingerprint density at radius 3 is 2.69 bits per heavy atom. The maximum Gasteiger partial charge on any atom is 0.278 e. The number of thiophene rings is 2. The van der Waals surface area contributed by atoms with E-state index in [9.17, 15) is 4.79 Å². The van der Waals surface area contributed by atoms with Crippen molar-refractivity contribution in [2.24, 2.45) is 0 Å². The van der Waals surface area contributed by atoms with Gasteiger partial charge < -0.3 is 9.80 Å². The lowest BCUT2D eigenvalue weighted by molar-refractivity contribution is -0.919. The Bertz CT molecular complexity index is 1010. The summed E-state index contributed by atoms with van der Waals surface area (Å²) >= 11 is 3.67. The molecule has 3 nitrogen and oxygen atoms in total. The summed E-state index contributed by atoms with van der Waals surface area (Å²) in [5, 5.41) is 4.35. The summed E-state index contributed by atoms with van der Waals surface area (Å²) in [6.45, 7) is 3.15. The Morgan fingerprint density at radius 2 is 1.93 bits per heavy atom. The second-order valence-corrected chi connectivity index (χ2v) is 9.75. The van der Waals surface area contributed by atoms with Crippen molar-refractivity contribution in [1.82, 2.24) is 4.90 Å². The Kier molecular flexibility index (Phi) is 5.36. The number of carbonyl (C=O) groups excluding carboxylic acids is 1. The summed E-state index contributed by atoms with van der Waals surface area (Å²) in [4.78, 5) is 19.4. The zero-order valence-corrected chi connectivity index (χ0v) is 18.0. The quantitative estimate of drug-likeness (QED) is 0.683. The third-order valence-electron chi connectivity index (χ3n) is 6.08. The molecule has 0 bridgehead atoms. The van der Waals surface area contributed by atoms with Gasteiger partial charge >= 0.3 is 0 Å². The van der Waals surface area contributed by atoms with E-state index < -0.39 is 0 Å². The van der Waals surface area contributed by atoms with Gasteiger partial charge in [-0.1, -0.05) is 42.5 Å². The van der Waals surface area contributed by atoms with Gasteiger partial charge in [0, 0.05) is 30.0 Å². The molecule has 148 valence electrons. The molecule has 1 N–H and O–H groups in total. The summed E-state index contributed by atoms with van der Waals surface area (Å²) in [6, 6.07) is 17.4. The third kappa shape index (κ3) is 3.82. The standard InChI is InChI=1S/C24H24N2OS2/c27-23(25-12-8-19(9-13-25)18-5-2-1-3-6-18)17-26-14-10-21-20(11-16-29-21)24(26)22-7-4-15-28-22/h1-8,11,15-16,24H,9-10,12-14,17H2/p+1/t24-/m1/s1. The zero-order valence-electron chi connectivity index (χ0n) is 16.3. The van der Waals surface area contributed by atoms with Gasteiger partial charge in [0.15, 0.2) is 6.54 Å². The van der Waals surface area contributed by atoms with Crippen molar-refractivity contribution in [3.05, 3.63) is 86.2 Å². The fourth-order valence-corrected chi connectivity index (χ4v) is 6.39. The Hall–Kier alpha value is -2.21. The monoisotopic (exact) mass is 421 g/mol. The van der Waals surface area contributed by atoms with E-state index >= 15 is 0 Å². The van der Waals surface area contributed by atoms with Crippen LogP contribution < -0.4 is 4.90 Å². The third-order valence-corrected chi connectivity index (χ3v) is 8.02. The number of rotatable bonds is 4. The maximum atomic E-state index is 13.2. The van der Waals surface area contributed by atoms with Crippen LogP contribution in [-0.2, 0) is 11.2 Å². The van der Waals surface area contributed by atoms with Crippen molar-refractivity contribution in [1.29, 1.82) is 0 Å². The lowest BCUT2D eigenvalue weighted by Crippen LogP contribution is -3.14. The number of benzene rings is 1. The Labute approximate surface area is 179 Å². The Balaban J connectivity index is 1.30. The van der Waals surface area contributed by atoms with Crippen molar-refractivity contribution in [2.75, 3.05) is 26.2 Å². The zero-order chi connectivity index (χ0) is 19.6. The van der Waals surface area contributed by atoms with Crippen LogP contribution in [0.1, 0.15) is 33.3 Å². The average molecular weight is 422 g/mol. The van der Waals surface area contributed by atoms with Gasteiger partial charge in [-0.2, -0.15) is 0 Å². The van der Waals surface area contributed by atoms with Crippen LogP contribution in [0.25, 0.3) is 5.57 Å². The number of nitrogens with zero attached hydrogens (tertiary/aromatic N) is 1. The van der Waals surface area contributed by atoms with Gasteiger partial charge in [-0.15, -0.1) is 22.7 Å². The fraction of sp³-hybridized carbons (Fsp3) is 0.292. The van der Waals surface area contributed by atoms with Crippen molar-refractivity contribution in [2.45, 2.75) is 18.9 Å². The van der Waals surface area contributed by atoms with Crippen molar-refractivity contribution >= 4 is 34.2 Å². The van der Waals surface area contributed by atoms with E-state index in [1.165, 1.54) is 31.4 Å². The molecule has 2 aliphatic rings. The van der Waals surface area contributed by atoms with Crippen LogP contribution in [0.4, 0.5) is 0 Å². The average Bonchev–Trinajstić information content (AvgIpc) is 3.46. The molecule has 2 aromatic heterocycles. The molecule has 0 saturated carbocycles. The lowest BCUT2D eigenvalue weighted by Gasteiger charge is -2.34. The highest BCUT2D eigenvalue weighted by Gasteiger charge is 2.36. The number of hydrogen-bond acceptors (Lipinski definition) is 3. The molecule has 0 radical (unpaired) electrons. The van der Waals surface area contributed by atoms with E-state index in [1.54, 1.807) is 0 Å². The molecule has 1 aromatic carbocycles. The molecule has 2 aliphatic heterocycles. The fourth-order valence-electron chi connectivity index (χ4n) is 4.57. The minimum atomic E-state index is 0.281. The number of carbonyl (C=O) groups is 1. The molecular weight excluding hydrogens is 396 g/mol. The first-order valence-electron chi connectivity index (χ1n) is 10.3. The molecular formula is C24H25N2OS2+. The van der Waals surface area contributed by atoms with Crippen LogP contribution in [0.2, 0.25) is 0 Å². The van der Waals surface area contributed by atoms with Crippen LogP contribution >= 0.6 is 22.7 Å². The first-order chi connectivity index (χ1) is 14.3. The molecule has 29 heavy (non-hydrogen) atoms. The predicted octanol–water partition coefficient (Wildman–Crippen LogP) is 3.66. The van der Waals surface area contributed by atoms with Crippen LogP contribution in [0.5, 0.6) is 0 Å². The van der Waals surface area contributed by atoms with E-state index in [-0.39, 0.29) is 5.91 Å². The Morgan fingerprint density at radius 1 is 1.03 bits per heavy atom. The molecule has 0 fully saturated rings. The highest BCUT2D eigenvalue weighted by molar-refractivity contribution is 7.10. The SMILES string of the molecule is O=C(C[NH+]1CCc2sccc2[C@@H]1c1cccs1)N1CC=C(c2ccccc2)CC1. The van der Waals surface area contributed by atoms with Crippen LogP contribution in [-0.4, -0.2) is 37.0 Å². The van der Waals surface area contributed by atoms with Gasteiger partial charge in [0.05, 0.1) is 11.4 Å². The molecule has 5 heteroatoms. The molecule has 5 rings (SSSR count). The maximum absolute atomic E-state index is 13.2. The van der Waals surface area contributed by atoms with Gasteiger partial charge in [-0.25, -0.2) is 0 Å². The van der Waals surface area contributed by atoms with E-state index in [4.69, 9.17) is 0 Å². The molecule has 4 heterocycles. The van der Waals surface area contributed by atoms with Crippen LogP contribution in [0, 0.1) is 0 Å². The normalized spacial score (nSPS) is 21.5. The second-order valence-electron chi connectivity index (χ2n) is 7.77. The molecule has 0 saturated heterocycles. The first kappa shape index (κ1) is 18.8. The van der Waals surface area contributed by atoms with Gasteiger partial charge in [0.1, 0.15) is 6.04 Å². The summed E-state index contributed by atoms with van der Waals surface area (Å²) in [6.07, 6.45) is 4.25. The number of nitrogens with one attached hydrogen (secondary N) is 1.